The van der Waals surface area contributed by atoms with E-state index in [1.165, 1.54) is 18.6 Å². The van der Waals surface area contributed by atoms with Gasteiger partial charge in [-0.2, -0.15) is 0 Å². The molecule has 17 N–H and O–H groups in total. The van der Waals surface area contributed by atoms with E-state index in [9.17, 15) is 85.3 Å². The third-order valence-electron chi connectivity index (χ3n) is 16.4. The van der Waals surface area contributed by atoms with Gasteiger partial charge in [0.15, 0.2) is 18.9 Å². The van der Waals surface area contributed by atoms with Crippen LogP contribution in [0.4, 0.5) is 0 Å². The number of aliphatic hydroxyl groups excluding tert-OH is 12. The molecule has 5 aliphatic rings. The molecule has 30 nitrogen and oxygen atoms in total. The SMILES string of the molecule is CCCCCCC#CCCCOc1cccc(C(=O)N[C@@H]2C(O[C@H]3C(O)C(NC(C)=O)C(OC4C(CO)C[C@@H](O[C@H]5C(O)C(NC(C)=O)C(OC6C(CO)O[C@@H](O)[C@@H](NC(C)=O)[C@H]6O)C[C@H]5CO)[C@@H](NC(C)=O)[C@H]4O)O[C@H]3CO)OC(CO)[C@@H](O)[C@@H]2O)c1. The average Bonchev–Trinajstić information content (AvgIpc) is 1.44. The number of benzene rings is 1. The van der Waals surface area contributed by atoms with Crippen LogP contribution in [0.15, 0.2) is 24.3 Å². The van der Waals surface area contributed by atoms with Gasteiger partial charge in [0.05, 0.1) is 62.9 Å². The molecule has 0 bridgehead atoms. The van der Waals surface area contributed by atoms with Gasteiger partial charge < -0.3 is 126 Å². The zero-order valence-corrected chi connectivity index (χ0v) is 50.0. The van der Waals surface area contributed by atoms with Crippen LogP contribution in [0, 0.1) is 23.7 Å². The molecule has 498 valence electrons. The highest BCUT2D eigenvalue weighted by Gasteiger charge is 2.57. The first-order valence-electron chi connectivity index (χ1n) is 30.0. The molecule has 0 aromatic heterocycles. The molecule has 0 spiro atoms. The number of hydrogen-bond donors (Lipinski definition) is 17. The predicted molar refractivity (Wildman–Crippen MR) is 302 cm³/mol. The maximum Gasteiger partial charge on any atom is 0.251 e. The fourth-order valence-electron chi connectivity index (χ4n) is 12.0. The van der Waals surface area contributed by atoms with Gasteiger partial charge in [-0.1, -0.05) is 32.3 Å². The monoisotopic (exact) mass is 1260 g/mol. The molecule has 88 heavy (non-hydrogen) atoms. The second-order valence-corrected chi connectivity index (χ2v) is 23.0. The van der Waals surface area contributed by atoms with Crippen molar-refractivity contribution in [1.29, 1.82) is 0 Å². The Morgan fingerprint density at radius 1 is 0.500 bits per heavy atom. The van der Waals surface area contributed by atoms with Crippen LogP contribution in [0.2, 0.25) is 0 Å². The highest BCUT2D eigenvalue weighted by molar-refractivity contribution is 5.94. The lowest BCUT2D eigenvalue weighted by Gasteiger charge is -2.51. The fraction of sp³-hybridized carbons (Fsp3) is 0.776. The first-order chi connectivity index (χ1) is 42.0. The minimum Gasteiger partial charge on any atom is -0.494 e. The van der Waals surface area contributed by atoms with Gasteiger partial charge in [0.2, 0.25) is 23.6 Å². The van der Waals surface area contributed by atoms with E-state index in [4.69, 9.17) is 37.9 Å². The quantitative estimate of drug-likeness (QED) is 0.0289. The van der Waals surface area contributed by atoms with Crippen molar-refractivity contribution in [2.24, 2.45) is 11.8 Å². The van der Waals surface area contributed by atoms with Gasteiger partial charge in [-0.15, -0.1) is 11.8 Å². The van der Waals surface area contributed by atoms with E-state index in [-0.39, 0.29) is 18.4 Å². The van der Waals surface area contributed by atoms with Crippen LogP contribution in [-0.4, -0.2) is 271 Å². The summed E-state index contributed by atoms with van der Waals surface area (Å²) in [6.07, 6.45) is -23.7. The number of aliphatic hydroxyl groups is 12. The zero-order valence-electron chi connectivity index (χ0n) is 50.0. The molecule has 1 aromatic rings. The summed E-state index contributed by atoms with van der Waals surface area (Å²) >= 11 is 0. The van der Waals surface area contributed by atoms with Gasteiger partial charge in [0.25, 0.3) is 5.91 Å². The van der Waals surface area contributed by atoms with E-state index >= 15 is 0 Å². The molecule has 5 amide bonds. The Hall–Kier alpha value is -4.83. The number of hydrogen-bond acceptors (Lipinski definition) is 25. The highest BCUT2D eigenvalue weighted by Crippen LogP contribution is 2.39. The van der Waals surface area contributed by atoms with Crippen molar-refractivity contribution >= 4 is 29.5 Å². The van der Waals surface area contributed by atoms with Crippen LogP contribution in [-0.2, 0) is 52.3 Å². The van der Waals surface area contributed by atoms with E-state index in [0.29, 0.717) is 25.2 Å². The minimum atomic E-state index is -1.95. The van der Waals surface area contributed by atoms with Crippen LogP contribution < -0.4 is 31.3 Å². The van der Waals surface area contributed by atoms with E-state index in [1.807, 2.05) is 0 Å². The van der Waals surface area contributed by atoms with Gasteiger partial charge in [-0.3, -0.25) is 24.0 Å². The summed E-state index contributed by atoms with van der Waals surface area (Å²) in [5.74, 6) is 0.830. The van der Waals surface area contributed by atoms with Crippen molar-refractivity contribution in [3.63, 3.8) is 0 Å². The molecule has 6 rings (SSSR count). The van der Waals surface area contributed by atoms with Crippen LogP contribution in [0.5, 0.6) is 5.75 Å². The number of rotatable bonds is 27. The van der Waals surface area contributed by atoms with E-state index < -0.39 is 215 Å². The Kier molecular flexibility index (Phi) is 28.4. The first kappa shape index (κ1) is 72.2. The van der Waals surface area contributed by atoms with Crippen molar-refractivity contribution in [3.8, 4) is 17.6 Å². The molecule has 12 unspecified atom stereocenters. The number of amides is 5. The summed E-state index contributed by atoms with van der Waals surface area (Å²) in [4.78, 5) is 64.3. The summed E-state index contributed by atoms with van der Waals surface area (Å²) in [7, 11) is 0. The second-order valence-electron chi connectivity index (χ2n) is 23.0. The molecule has 3 saturated heterocycles. The van der Waals surface area contributed by atoms with E-state index in [0.717, 1.165) is 53.4 Å². The molecule has 2 aliphatic carbocycles. The Morgan fingerprint density at radius 2 is 0.955 bits per heavy atom. The van der Waals surface area contributed by atoms with Gasteiger partial charge in [0.1, 0.15) is 91.0 Å². The number of ether oxygens (including phenoxy) is 8. The number of nitrogens with one attached hydrogen (secondary N) is 5. The second kappa shape index (κ2) is 34.6. The fourth-order valence-corrected chi connectivity index (χ4v) is 12.0. The number of carbonyl (C=O) groups is 5. The summed E-state index contributed by atoms with van der Waals surface area (Å²) in [6, 6.07) is -1.48. The Morgan fingerprint density at radius 3 is 1.50 bits per heavy atom. The summed E-state index contributed by atoms with van der Waals surface area (Å²) in [5.41, 5.74) is 0.0593. The maximum atomic E-state index is 13.9. The lowest BCUT2D eigenvalue weighted by atomic mass is 9.77. The average molecular weight is 1260 g/mol. The first-order valence-corrected chi connectivity index (χ1v) is 30.0. The Bertz CT molecular complexity index is 2460. The molecular formula is C58H91N5O25. The molecule has 2 saturated carbocycles. The van der Waals surface area contributed by atoms with Crippen LogP contribution >= 0.6 is 0 Å². The van der Waals surface area contributed by atoms with Crippen LogP contribution in [0.1, 0.15) is 103 Å². The van der Waals surface area contributed by atoms with E-state index in [2.05, 4.69) is 45.3 Å². The van der Waals surface area contributed by atoms with Gasteiger partial charge in [-0.25, -0.2) is 0 Å². The lowest BCUT2D eigenvalue weighted by Crippen LogP contribution is -2.70. The van der Waals surface area contributed by atoms with E-state index in [1.54, 1.807) is 12.1 Å². The maximum absolute atomic E-state index is 13.9. The standard InChI is InChI=1S/C58H91N5O25/c1-6-7-8-9-10-11-12-13-14-18-81-34-17-15-16-31(19-34)55(79)63-43-46(74)45(73)37(24-66)85-57(43)88-54-39(26-68)86-58(44(50(54)78)62-30(5)72)87-52-33(23-65)21-35(40(48(52)76)59-27(2)69)82-51-32(22-64)20-36(41(47(51)75)60-28(3)70)83-53-38(25-67)84-56(80)42(49(53)77)61-29(4)71/h15-17,19,32-33,35-54,56-58,64-68,73-78,80H,6-10,13-14,18,20-26H2,1-5H3,(H,59,69)(H,60,70)(H,61,71)(H,62,72)(H,63,79)/t32-,33?,35+,36?,37?,38?,39-,40+,41?,42-,43-,44?,45+,46+,47?,48+,49+,50?,51+,52?,53?,54+,56+,57?,58?/m0/s1. The van der Waals surface area contributed by atoms with Crippen LogP contribution in [0.25, 0.3) is 0 Å². The largest absolute Gasteiger partial charge is 0.494 e. The molecule has 3 aliphatic heterocycles. The topological polar surface area (TPSA) is 462 Å². The molecule has 5 fully saturated rings. The molecular weight excluding hydrogens is 1170 g/mol. The molecule has 25 atom stereocenters. The summed E-state index contributed by atoms with van der Waals surface area (Å²) in [5, 5.41) is 146. The molecule has 3 heterocycles. The predicted octanol–water partition coefficient (Wildman–Crippen LogP) is -5.45. The van der Waals surface area contributed by atoms with Crippen molar-refractivity contribution in [2.75, 3.05) is 39.6 Å². The Balaban J connectivity index is 1.18. The minimum absolute atomic E-state index is 0.0593. The smallest absolute Gasteiger partial charge is 0.251 e. The zero-order chi connectivity index (χ0) is 64.5. The van der Waals surface area contributed by atoms with Crippen molar-refractivity contribution in [3.05, 3.63) is 29.8 Å². The van der Waals surface area contributed by atoms with Crippen LogP contribution in [0.3, 0.4) is 0 Å². The van der Waals surface area contributed by atoms with Crippen molar-refractivity contribution in [2.45, 2.75) is 233 Å². The molecule has 1 aromatic carbocycles. The molecule has 30 heteroatoms. The highest BCUT2D eigenvalue weighted by atomic mass is 16.7. The van der Waals surface area contributed by atoms with Gasteiger partial charge in [-0.05, 0) is 43.9 Å². The Labute approximate surface area is 509 Å². The van der Waals surface area contributed by atoms with Gasteiger partial charge >= 0.3 is 0 Å². The lowest BCUT2D eigenvalue weighted by molar-refractivity contribution is -0.342. The third kappa shape index (κ3) is 18.7. The third-order valence-corrected chi connectivity index (χ3v) is 16.4. The number of unbranched alkanes of at least 4 members (excludes halogenated alkanes) is 5. The summed E-state index contributed by atoms with van der Waals surface area (Å²) < 4.78 is 48.7. The van der Waals surface area contributed by atoms with Gasteiger partial charge in [0, 0.05) is 71.1 Å². The normalized spacial score (nSPS) is 37.5. The number of carbonyl (C=O) groups excluding carboxylic acids is 5. The summed E-state index contributed by atoms with van der Waals surface area (Å²) in [6.45, 7) is 2.83. The van der Waals surface area contributed by atoms with Crippen molar-refractivity contribution in [1.82, 2.24) is 26.6 Å². The molecule has 0 radical (unpaired) electrons. The van der Waals surface area contributed by atoms with Crippen molar-refractivity contribution < 1.29 is 123 Å².